The predicted octanol–water partition coefficient (Wildman–Crippen LogP) is 2.54. The molecule has 134 valence electrons. The summed E-state index contributed by atoms with van der Waals surface area (Å²) in [5.74, 6) is -0.542. The highest BCUT2D eigenvalue weighted by Crippen LogP contribution is 2.24. The number of aromatic nitrogens is 2. The molecule has 25 heavy (non-hydrogen) atoms. The van der Waals surface area contributed by atoms with Gasteiger partial charge in [0.1, 0.15) is 6.10 Å². The van der Waals surface area contributed by atoms with Crippen LogP contribution in [-0.4, -0.2) is 41.8 Å². The Kier molecular flexibility index (Phi) is 5.40. The lowest BCUT2D eigenvalue weighted by Crippen LogP contribution is -2.40. The molecule has 3 rings (SSSR count). The summed E-state index contributed by atoms with van der Waals surface area (Å²) in [7, 11) is 0. The Bertz CT molecular complexity index is 755. The van der Waals surface area contributed by atoms with Crippen LogP contribution in [0.3, 0.4) is 0 Å². The van der Waals surface area contributed by atoms with Crippen molar-refractivity contribution in [1.82, 2.24) is 9.78 Å². The minimum absolute atomic E-state index is 0.103. The molecule has 2 atom stereocenters. The summed E-state index contributed by atoms with van der Waals surface area (Å²) < 4.78 is 31.6. The Morgan fingerprint density at radius 2 is 2.36 bits per heavy atom. The zero-order chi connectivity index (χ0) is 17.8. The second-order valence-corrected chi connectivity index (χ2v) is 6.06. The summed E-state index contributed by atoms with van der Waals surface area (Å²) in [4.78, 5) is 10.9. The van der Waals surface area contributed by atoms with Crippen LogP contribution in [-0.2, 0) is 9.47 Å². The minimum Gasteiger partial charge on any atom is -0.490 e. The third-order valence-electron chi connectivity index (χ3n) is 3.89. The molecular formula is C16H17ClFN3O4. The molecule has 1 saturated heterocycles. The van der Waals surface area contributed by atoms with E-state index < -0.39 is 18.0 Å². The van der Waals surface area contributed by atoms with Crippen molar-refractivity contribution in [3.05, 3.63) is 41.4 Å². The lowest BCUT2D eigenvalue weighted by atomic mass is 9.98. The van der Waals surface area contributed by atoms with Gasteiger partial charge in [0, 0.05) is 24.8 Å². The van der Waals surface area contributed by atoms with Gasteiger partial charge < -0.3 is 19.9 Å². The first-order chi connectivity index (χ1) is 12.0. The van der Waals surface area contributed by atoms with Gasteiger partial charge in [-0.3, -0.25) is 0 Å². The van der Waals surface area contributed by atoms with Crippen molar-refractivity contribution in [3.8, 4) is 11.4 Å². The molecule has 0 spiro atoms. The average Bonchev–Trinajstić information content (AvgIpc) is 3.01. The van der Waals surface area contributed by atoms with Gasteiger partial charge in [-0.2, -0.15) is 5.10 Å². The van der Waals surface area contributed by atoms with Crippen LogP contribution in [0, 0.1) is 11.7 Å². The number of hydrogen-bond acceptors (Lipinski definition) is 5. The number of nitrogens with zero attached hydrogens (tertiary/aromatic N) is 2. The summed E-state index contributed by atoms with van der Waals surface area (Å²) in [6.07, 6.45) is 2.30. The van der Waals surface area contributed by atoms with Crippen molar-refractivity contribution in [2.24, 2.45) is 11.7 Å². The molecule has 2 aromatic rings. The number of hydrogen-bond donors (Lipinski definition) is 1. The number of ether oxygens (including phenoxy) is 3. The van der Waals surface area contributed by atoms with Crippen molar-refractivity contribution < 1.29 is 23.4 Å². The highest BCUT2D eigenvalue weighted by Gasteiger charge is 2.29. The van der Waals surface area contributed by atoms with E-state index in [-0.39, 0.29) is 24.9 Å². The number of primary amides is 1. The van der Waals surface area contributed by atoms with E-state index >= 15 is 0 Å². The third kappa shape index (κ3) is 4.40. The van der Waals surface area contributed by atoms with Crippen LogP contribution in [0.5, 0.6) is 5.75 Å². The molecule has 1 aromatic heterocycles. The molecule has 0 radical (unpaired) electrons. The normalized spacial score (nSPS) is 20.2. The second kappa shape index (κ2) is 7.71. The first-order valence-corrected chi connectivity index (χ1v) is 8.07. The van der Waals surface area contributed by atoms with E-state index in [0.29, 0.717) is 23.7 Å². The molecule has 1 aliphatic heterocycles. The van der Waals surface area contributed by atoms with Gasteiger partial charge in [-0.05, 0) is 18.6 Å². The van der Waals surface area contributed by atoms with Crippen LogP contribution < -0.4 is 10.5 Å². The standard InChI is InChI=1S/C16H17ClFN3O4/c17-11-6-20-21(7-11)12-1-2-14(13(18)5-12)24-8-10-3-4-23-9-15(10)25-16(19)22/h1-2,5-7,10,15H,3-4,8-9H2,(H2,19,22)/t10-,15-/m0/s1. The third-order valence-corrected chi connectivity index (χ3v) is 4.09. The van der Waals surface area contributed by atoms with Crippen molar-refractivity contribution in [2.45, 2.75) is 12.5 Å². The topological polar surface area (TPSA) is 88.6 Å². The number of nitrogens with two attached hydrogens (primary N) is 1. The number of benzene rings is 1. The molecule has 1 aromatic carbocycles. The van der Waals surface area contributed by atoms with E-state index in [2.05, 4.69) is 5.10 Å². The van der Waals surface area contributed by atoms with Gasteiger partial charge in [-0.25, -0.2) is 13.9 Å². The predicted molar refractivity (Wildman–Crippen MR) is 87.4 cm³/mol. The van der Waals surface area contributed by atoms with Gasteiger partial charge in [0.15, 0.2) is 11.6 Å². The van der Waals surface area contributed by atoms with E-state index in [1.165, 1.54) is 23.0 Å². The molecule has 9 heteroatoms. The fraction of sp³-hybridized carbons (Fsp3) is 0.375. The van der Waals surface area contributed by atoms with Crippen molar-refractivity contribution in [1.29, 1.82) is 0 Å². The molecule has 1 amide bonds. The summed E-state index contributed by atoms with van der Waals surface area (Å²) in [6.45, 7) is 0.956. The van der Waals surface area contributed by atoms with E-state index in [0.717, 1.165) is 0 Å². The zero-order valence-corrected chi connectivity index (χ0v) is 14.0. The Morgan fingerprint density at radius 1 is 1.52 bits per heavy atom. The first-order valence-electron chi connectivity index (χ1n) is 7.69. The van der Waals surface area contributed by atoms with Crippen molar-refractivity contribution in [2.75, 3.05) is 19.8 Å². The molecule has 0 aliphatic carbocycles. The molecule has 2 heterocycles. The van der Waals surface area contributed by atoms with Crippen molar-refractivity contribution >= 4 is 17.7 Å². The summed E-state index contributed by atoms with van der Waals surface area (Å²) in [5, 5.41) is 4.48. The monoisotopic (exact) mass is 369 g/mol. The maximum atomic E-state index is 14.3. The van der Waals surface area contributed by atoms with E-state index in [4.69, 9.17) is 31.5 Å². The number of carbonyl (C=O) groups excluding carboxylic acids is 1. The SMILES string of the molecule is NC(=O)O[C@H]1COCC[C@H]1COc1ccc(-n2cc(Cl)cn2)cc1F. The van der Waals surface area contributed by atoms with Gasteiger partial charge in [0.05, 0.1) is 30.1 Å². The van der Waals surface area contributed by atoms with Crippen LogP contribution in [0.25, 0.3) is 5.69 Å². The molecule has 0 bridgehead atoms. The minimum atomic E-state index is -0.867. The lowest BCUT2D eigenvalue weighted by Gasteiger charge is -2.30. The van der Waals surface area contributed by atoms with Crippen LogP contribution >= 0.6 is 11.6 Å². The van der Waals surface area contributed by atoms with Crippen LogP contribution in [0.4, 0.5) is 9.18 Å². The van der Waals surface area contributed by atoms with Gasteiger partial charge >= 0.3 is 6.09 Å². The van der Waals surface area contributed by atoms with Gasteiger partial charge in [-0.15, -0.1) is 0 Å². The summed E-state index contributed by atoms with van der Waals surface area (Å²) in [6, 6.07) is 4.49. The van der Waals surface area contributed by atoms with Crippen LogP contribution in [0.2, 0.25) is 5.02 Å². The van der Waals surface area contributed by atoms with Crippen LogP contribution in [0.15, 0.2) is 30.6 Å². The number of rotatable bonds is 5. The fourth-order valence-electron chi connectivity index (χ4n) is 2.61. The number of halogens is 2. The fourth-order valence-corrected chi connectivity index (χ4v) is 2.75. The Balaban J connectivity index is 1.65. The van der Waals surface area contributed by atoms with Gasteiger partial charge in [-0.1, -0.05) is 11.6 Å². The molecule has 7 nitrogen and oxygen atoms in total. The highest BCUT2D eigenvalue weighted by atomic mass is 35.5. The molecule has 2 N–H and O–H groups in total. The first kappa shape index (κ1) is 17.5. The highest BCUT2D eigenvalue weighted by molar-refractivity contribution is 6.30. The smallest absolute Gasteiger partial charge is 0.404 e. The molecule has 1 aliphatic rings. The second-order valence-electron chi connectivity index (χ2n) is 5.63. The molecule has 0 unspecified atom stereocenters. The quantitative estimate of drug-likeness (QED) is 0.874. The number of carbonyl (C=O) groups is 1. The van der Waals surface area contributed by atoms with E-state index in [9.17, 15) is 9.18 Å². The molecule has 0 saturated carbocycles. The average molecular weight is 370 g/mol. The van der Waals surface area contributed by atoms with Crippen LogP contribution in [0.1, 0.15) is 6.42 Å². The van der Waals surface area contributed by atoms with Crippen molar-refractivity contribution in [3.63, 3.8) is 0 Å². The Morgan fingerprint density at radius 3 is 3.04 bits per heavy atom. The summed E-state index contributed by atoms with van der Waals surface area (Å²) >= 11 is 5.81. The van der Waals surface area contributed by atoms with Gasteiger partial charge in [0.25, 0.3) is 0 Å². The largest absolute Gasteiger partial charge is 0.490 e. The Labute approximate surface area is 148 Å². The summed E-state index contributed by atoms with van der Waals surface area (Å²) in [5.41, 5.74) is 5.58. The maximum Gasteiger partial charge on any atom is 0.404 e. The van der Waals surface area contributed by atoms with E-state index in [1.807, 2.05) is 0 Å². The Hall–Kier alpha value is -2.32. The van der Waals surface area contributed by atoms with E-state index in [1.54, 1.807) is 12.3 Å². The van der Waals surface area contributed by atoms with Gasteiger partial charge in [0.2, 0.25) is 0 Å². The number of amides is 1. The zero-order valence-electron chi connectivity index (χ0n) is 13.2. The molecular weight excluding hydrogens is 353 g/mol. The maximum absolute atomic E-state index is 14.3. The lowest BCUT2D eigenvalue weighted by molar-refractivity contribution is -0.0600. The molecule has 1 fully saturated rings.